The Bertz CT molecular complexity index is 1360. The highest BCUT2D eigenvalue weighted by molar-refractivity contribution is 6.01. The van der Waals surface area contributed by atoms with Crippen LogP contribution in [0.2, 0.25) is 0 Å². The Balaban J connectivity index is 1.38. The van der Waals surface area contributed by atoms with Gasteiger partial charge in [0.25, 0.3) is 5.91 Å². The van der Waals surface area contributed by atoms with Crippen molar-refractivity contribution in [2.75, 3.05) is 24.4 Å². The van der Waals surface area contributed by atoms with Crippen molar-refractivity contribution in [3.8, 4) is 5.75 Å². The van der Waals surface area contributed by atoms with Crippen LogP contribution in [0.4, 0.5) is 11.4 Å². The van der Waals surface area contributed by atoms with Crippen molar-refractivity contribution < 1.29 is 19.1 Å². The van der Waals surface area contributed by atoms with E-state index in [-0.39, 0.29) is 29.3 Å². The number of pyridine rings is 1. The number of hydrogen-bond acceptors (Lipinski definition) is 6. The number of hydrogen-bond donors (Lipinski definition) is 2. The van der Waals surface area contributed by atoms with E-state index < -0.39 is 0 Å². The molecule has 5 rings (SSSR count). The molecule has 0 saturated heterocycles. The highest BCUT2D eigenvalue weighted by Crippen LogP contribution is 2.46. The number of nitrogens with one attached hydrogen (secondary N) is 2. The van der Waals surface area contributed by atoms with E-state index in [0.717, 1.165) is 35.5 Å². The Morgan fingerprint density at radius 2 is 1.87 bits per heavy atom. The molecule has 8 heteroatoms. The first-order chi connectivity index (χ1) is 18.9. The second-order valence-corrected chi connectivity index (χ2v) is 10.5. The van der Waals surface area contributed by atoms with Gasteiger partial charge in [-0.05, 0) is 73.0 Å². The van der Waals surface area contributed by atoms with Crippen LogP contribution >= 0.6 is 0 Å². The van der Waals surface area contributed by atoms with Gasteiger partial charge in [0, 0.05) is 42.7 Å². The van der Waals surface area contributed by atoms with Crippen molar-refractivity contribution in [2.45, 2.75) is 39.4 Å². The van der Waals surface area contributed by atoms with E-state index in [4.69, 9.17) is 9.47 Å². The number of anilines is 2. The molecule has 39 heavy (non-hydrogen) atoms. The first-order valence-electron chi connectivity index (χ1n) is 13.2. The lowest BCUT2D eigenvalue weighted by Gasteiger charge is -2.50. The Hall–Kier alpha value is -4.33. The highest BCUT2D eigenvalue weighted by Gasteiger charge is 2.46. The average Bonchev–Trinajstić information content (AvgIpc) is 2.94. The zero-order valence-electron chi connectivity index (χ0n) is 22.5. The third-order valence-electron chi connectivity index (χ3n) is 7.53. The first kappa shape index (κ1) is 26.3. The number of methoxy groups -OCH3 is 1. The summed E-state index contributed by atoms with van der Waals surface area (Å²) in [6, 6.07) is 18.9. The summed E-state index contributed by atoms with van der Waals surface area (Å²) in [4.78, 5) is 31.2. The fraction of sp³-hybridized carbons (Fsp3) is 0.323. The molecule has 1 aromatic heterocycles. The summed E-state index contributed by atoms with van der Waals surface area (Å²) < 4.78 is 11.9. The SMILES string of the molecule is COC1=CCC(C)(C2Nc3ccccc3C(=O)N2Cc2ccncc2)CC1COc1ccc(NC(C)=O)cc1. The number of carbonyl (C=O) groups excluding carboxylic acids is 2. The van der Waals surface area contributed by atoms with Gasteiger partial charge in [0.2, 0.25) is 5.91 Å². The predicted molar refractivity (Wildman–Crippen MR) is 150 cm³/mol. The van der Waals surface area contributed by atoms with Gasteiger partial charge >= 0.3 is 0 Å². The van der Waals surface area contributed by atoms with Gasteiger partial charge in [0.1, 0.15) is 11.9 Å². The quantitative estimate of drug-likeness (QED) is 0.405. The second-order valence-electron chi connectivity index (χ2n) is 10.5. The Morgan fingerprint density at radius 1 is 1.13 bits per heavy atom. The summed E-state index contributed by atoms with van der Waals surface area (Å²) >= 11 is 0. The molecule has 202 valence electrons. The summed E-state index contributed by atoms with van der Waals surface area (Å²) in [6.45, 7) is 4.61. The normalized spacial score (nSPS) is 22.3. The van der Waals surface area contributed by atoms with Gasteiger partial charge in [-0.3, -0.25) is 14.6 Å². The van der Waals surface area contributed by atoms with E-state index in [9.17, 15) is 9.59 Å². The number of ether oxygens (including phenoxy) is 2. The summed E-state index contributed by atoms with van der Waals surface area (Å²) in [6.07, 6.45) is 6.92. The minimum atomic E-state index is -0.290. The number of amides is 2. The Morgan fingerprint density at radius 3 is 2.59 bits per heavy atom. The van der Waals surface area contributed by atoms with Crippen molar-refractivity contribution in [2.24, 2.45) is 11.3 Å². The van der Waals surface area contributed by atoms with Crippen molar-refractivity contribution in [1.29, 1.82) is 0 Å². The van der Waals surface area contributed by atoms with Crippen molar-refractivity contribution in [1.82, 2.24) is 9.88 Å². The molecule has 8 nitrogen and oxygen atoms in total. The monoisotopic (exact) mass is 526 g/mol. The van der Waals surface area contributed by atoms with Crippen LogP contribution in [0.15, 0.2) is 84.9 Å². The number of para-hydroxylation sites is 1. The molecule has 2 aliphatic rings. The Kier molecular flexibility index (Phi) is 7.54. The number of benzene rings is 2. The third kappa shape index (κ3) is 5.74. The van der Waals surface area contributed by atoms with Crippen LogP contribution in [0, 0.1) is 11.3 Å². The third-order valence-corrected chi connectivity index (χ3v) is 7.53. The number of fused-ring (bicyclic) bond motifs is 1. The molecule has 3 aromatic rings. The summed E-state index contributed by atoms with van der Waals surface area (Å²) in [7, 11) is 1.69. The molecule has 0 spiro atoms. The van der Waals surface area contributed by atoms with Gasteiger partial charge in [-0.15, -0.1) is 0 Å². The average molecular weight is 527 g/mol. The lowest BCUT2D eigenvalue weighted by Crippen LogP contribution is -2.57. The number of carbonyl (C=O) groups is 2. The first-order valence-corrected chi connectivity index (χ1v) is 13.2. The number of rotatable bonds is 8. The maximum atomic E-state index is 13.8. The van der Waals surface area contributed by atoms with E-state index in [1.807, 2.05) is 65.6 Å². The van der Waals surface area contributed by atoms with Crippen LogP contribution in [-0.4, -0.2) is 41.6 Å². The molecule has 0 radical (unpaired) electrons. The standard InChI is InChI=1S/C31H34N4O4/c1-21(36)33-24-8-10-25(11-9-24)39-20-23-18-31(2,15-12-28(23)38-3)30-34-27-7-5-4-6-26(27)29(37)35(30)19-22-13-16-32-17-14-22/h4-14,16-17,23,30,34H,15,18-20H2,1-3H3,(H,33,36). The van der Waals surface area contributed by atoms with Gasteiger partial charge in [0.15, 0.2) is 0 Å². The minimum absolute atomic E-state index is 0.000573. The van der Waals surface area contributed by atoms with E-state index in [1.54, 1.807) is 19.5 Å². The van der Waals surface area contributed by atoms with E-state index in [2.05, 4.69) is 28.6 Å². The van der Waals surface area contributed by atoms with Crippen molar-refractivity contribution in [3.63, 3.8) is 0 Å². The summed E-state index contributed by atoms with van der Waals surface area (Å²) in [5, 5.41) is 6.47. The topological polar surface area (TPSA) is 92.8 Å². The summed E-state index contributed by atoms with van der Waals surface area (Å²) in [5.41, 5.74) is 2.99. The molecule has 2 heterocycles. The highest BCUT2D eigenvalue weighted by atomic mass is 16.5. The van der Waals surface area contributed by atoms with Crippen molar-refractivity contribution >= 4 is 23.2 Å². The van der Waals surface area contributed by atoms with Crippen molar-refractivity contribution in [3.05, 3.63) is 96.0 Å². The molecule has 2 aromatic carbocycles. The second kappa shape index (κ2) is 11.2. The largest absolute Gasteiger partial charge is 0.501 e. The molecule has 3 atom stereocenters. The molecular formula is C31H34N4O4. The molecule has 2 amide bonds. The van der Waals surface area contributed by atoms with Crippen LogP contribution < -0.4 is 15.4 Å². The van der Waals surface area contributed by atoms with Crippen LogP contribution in [0.25, 0.3) is 0 Å². The number of aromatic nitrogens is 1. The van der Waals surface area contributed by atoms with Crippen LogP contribution in [0.5, 0.6) is 5.75 Å². The molecule has 0 fully saturated rings. The molecule has 1 aliphatic heterocycles. The minimum Gasteiger partial charge on any atom is -0.501 e. The zero-order valence-corrected chi connectivity index (χ0v) is 22.5. The fourth-order valence-electron chi connectivity index (χ4n) is 5.59. The fourth-order valence-corrected chi connectivity index (χ4v) is 5.59. The molecular weight excluding hydrogens is 492 g/mol. The number of nitrogens with zero attached hydrogens (tertiary/aromatic N) is 2. The predicted octanol–water partition coefficient (Wildman–Crippen LogP) is 5.46. The smallest absolute Gasteiger partial charge is 0.257 e. The maximum absolute atomic E-state index is 13.8. The molecule has 2 N–H and O–H groups in total. The zero-order chi connectivity index (χ0) is 27.4. The van der Waals surface area contributed by atoms with E-state index in [0.29, 0.717) is 24.5 Å². The van der Waals surface area contributed by atoms with Gasteiger partial charge in [-0.2, -0.15) is 0 Å². The van der Waals surface area contributed by atoms with E-state index in [1.165, 1.54) is 6.92 Å². The Labute approximate surface area is 229 Å². The van der Waals surface area contributed by atoms with Crippen LogP contribution in [0.1, 0.15) is 42.6 Å². The van der Waals surface area contributed by atoms with Crippen LogP contribution in [0.3, 0.4) is 0 Å². The lowest BCUT2D eigenvalue weighted by atomic mass is 9.70. The van der Waals surface area contributed by atoms with Crippen LogP contribution in [-0.2, 0) is 16.1 Å². The van der Waals surface area contributed by atoms with Gasteiger partial charge in [0.05, 0.1) is 31.0 Å². The lowest BCUT2D eigenvalue weighted by molar-refractivity contribution is -0.114. The molecule has 0 saturated carbocycles. The summed E-state index contributed by atoms with van der Waals surface area (Å²) in [5.74, 6) is 1.51. The number of allylic oxidation sites excluding steroid dienone is 1. The maximum Gasteiger partial charge on any atom is 0.257 e. The van der Waals surface area contributed by atoms with E-state index >= 15 is 0 Å². The van der Waals surface area contributed by atoms with Gasteiger partial charge < -0.3 is 25.0 Å². The molecule has 3 unspecified atom stereocenters. The van der Waals surface area contributed by atoms with Gasteiger partial charge in [-0.1, -0.05) is 19.1 Å². The van der Waals surface area contributed by atoms with Gasteiger partial charge in [-0.25, -0.2) is 0 Å². The molecule has 1 aliphatic carbocycles. The molecule has 0 bridgehead atoms.